The van der Waals surface area contributed by atoms with E-state index < -0.39 is 0 Å². The number of carbonyl (C=O) groups is 1. The summed E-state index contributed by atoms with van der Waals surface area (Å²) in [6.07, 6.45) is 0.839. The summed E-state index contributed by atoms with van der Waals surface area (Å²) in [5.74, 6) is -0.474. The van der Waals surface area contributed by atoms with Crippen molar-refractivity contribution in [2.75, 3.05) is 11.4 Å². The third kappa shape index (κ3) is 3.67. The minimum Gasteiger partial charge on any atom is -0.326 e. The molecular formula is C17H19FN2O. The summed E-state index contributed by atoms with van der Waals surface area (Å²) in [6.45, 7) is 3.09. The molecule has 2 aromatic rings. The van der Waals surface area contributed by atoms with Crippen molar-refractivity contribution < 1.29 is 9.18 Å². The van der Waals surface area contributed by atoms with Gasteiger partial charge in [-0.15, -0.1) is 0 Å². The maximum atomic E-state index is 13.0. The topological polar surface area (TPSA) is 46.3 Å². The summed E-state index contributed by atoms with van der Waals surface area (Å²) in [7, 11) is 0. The molecule has 0 fully saturated rings. The van der Waals surface area contributed by atoms with Crippen LogP contribution in [0.5, 0.6) is 0 Å². The normalized spacial score (nSPS) is 10.4. The van der Waals surface area contributed by atoms with Crippen LogP contribution in [0.1, 0.15) is 29.3 Å². The molecule has 3 nitrogen and oxygen atoms in total. The highest BCUT2D eigenvalue weighted by Crippen LogP contribution is 2.19. The van der Waals surface area contributed by atoms with Crippen molar-refractivity contribution in [1.82, 2.24) is 0 Å². The molecule has 4 heteroatoms. The Hall–Kier alpha value is -2.20. The van der Waals surface area contributed by atoms with Crippen molar-refractivity contribution in [3.05, 3.63) is 65.5 Å². The van der Waals surface area contributed by atoms with E-state index in [-0.39, 0.29) is 11.7 Å². The van der Waals surface area contributed by atoms with Crippen molar-refractivity contribution in [1.29, 1.82) is 0 Å². The molecule has 21 heavy (non-hydrogen) atoms. The van der Waals surface area contributed by atoms with Crippen LogP contribution in [-0.4, -0.2) is 12.5 Å². The van der Waals surface area contributed by atoms with E-state index in [9.17, 15) is 9.18 Å². The molecule has 0 aliphatic heterocycles. The minimum atomic E-state index is -0.346. The van der Waals surface area contributed by atoms with Gasteiger partial charge in [0, 0.05) is 24.3 Å². The number of anilines is 1. The zero-order valence-electron chi connectivity index (χ0n) is 12.1. The Morgan fingerprint density at radius 1 is 1.10 bits per heavy atom. The molecule has 2 N–H and O–H groups in total. The van der Waals surface area contributed by atoms with E-state index in [1.807, 2.05) is 31.2 Å². The first-order valence-corrected chi connectivity index (χ1v) is 7.02. The number of hydrogen-bond donors (Lipinski definition) is 1. The number of rotatable bonds is 5. The molecule has 0 aromatic heterocycles. The molecule has 0 aliphatic carbocycles. The Labute approximate surface area is 124 Å². The fourth-order valence-electron chi connectivity index (χ4n) is 2.13. The number of nitrogens with zero attached hydrogens (tertiary/aromatic N) is 1. The fourth-order valence-corrected chi connectivity index (χ4v) is 2.13. The lowest BCUT2D eigenvalue weighted by molar-refractivity contribution is 0.0987. The van der Waals surface area contributed by atoms with Crippen LogP contribution in [0.25, 0.3) is 0 Å². The highest BCUT2D eigenvalue weighted by molar-refractivity contribution is 6.06. The summed E-state index contributed by atoms with van der Waals surface area (Å²) in [5.41, 5.74) is 7.90. The van der Waals surface area contributed by atoms with Crippen LogP contribution >= 0.6 is 0 Å². The predicted octanol–water partition coefficient (Wildman–Crippen LogP) is 3.34. The van der Waals surface area contributed by atoms with Crippen LogP contribution in [0.3, 0.4) is 0 Å². The van der Waals surface area contributed by atoms with Gasteiger partial charge < -0.3 is 10.6 Å². The molecule has 2 aromatic carbocycles. The zero-order valence-corrected chi connectivity index (χ0v) is 12.1. The van der Waals surface area contributed by atoms with Crippen LogP contribution in [-0.2, 0) is 6.54 Å². The molecule has 0 heterocycles. The second-order valence-electron chi connectivity index (χ2n) is 4.83. The first-order chi connectivity index (χ1) is 10.2. The van der Waals surface area contributed by atoms with Crippen molar-refractivity contribution in [2.45, 2.75) is 19.9 Å². The maximum absolute atomic E-state index is 13.0. The van der Waals surface area contributed by atoms with E-state index in [2.05, 4.69) is 0 Å². The van der Waals surface area contributed by atoms with Gasteiger partial charge in [0.2, 0.25) is 0 Å². The van der Waals surface area contributed by atoms with Crippen LogP contribution in [0.4, 0.5) is 10.1 Å². The van der Waals surface area contributed by atoms with Crippen LogP contribution in [0.2, 0.25) is 0 Å². The Bertz CT molecular complexity index is 593. The SMILES string of the molecule is CCCN(C(=O)c1ccc(F)cc1)c1ccc(CN)cc1. The molecule has 1 amide bonds. The fraction of sp³-hybridized carbons (Fsp3) is 0.235. The molecule has 110 valence electrons. The summed E-state index contributed by atoms with van der Waals surface area (Å²) in [4.78, 5) is 14.3. The molecule has 0 saturated heterocycles. The molecule has 0 unspecified atom stereocenters. The van der Waals surface area contributed by atoms with Gasteiger partial charge in [-0.05, 0) is 48.4 Å². The summed E-state index contributed by atoms with van der Waals surface area (Å²) in [5, 5.41) is 0. The van der Waals surface area contributed by atoms with Gasteiger partial charge in [0.25, 0.3) is 5.91 Å². The zero-order chi connectivity index (χ0) is 15.2. The lowest BCUT2D eigenvalue weighted by Gasteiger charge is -2.22. The summed E-state index contributed by atoms with van der Waals surface area (Å²) in [6, 6.07) is 13.2. The van der Waals surface area contributed by atoms with Crippen LogP contribution < -0.4 is 10.6 Å². The highest BCUT2D eigenvalue weighted by Gasteiger charge is 2.16. The average Bonchev–Trinajstić information content (AvgIpc) is 2.53. The summed E-state index contributed by atoms with van der Waals surface area (Å²) >= 11 is 0. The third-order valence-electron chi connectivity index (χ3n) is 3.27. The van der Waals surface area contributed by atoms with Gasteiger partial charge in [-0.3, -0.25) is 4.79 Å². The lowest BCUT2D eigenvalue weighted by Crippen LogP contribution is -2.31. The first kappa shape index (κ1) is 15.2. The first-order valence-electron chi connectivity index (χ1n) is 7.02. The van der Waals surface area contributed by atoms with Crippen LogP contribution in [0.15, 0.2) is 48.5 Å². The van der Waals surface area contributed by atoms with Gasteiger partial charge in [-0.1, -0.05) is 19.1 Å². The Morgan fingerprint density at radius 2 is 1.71 bits per heavy atom. The number of hydrogen-bond acceptors (Lipinski definition) is 2. The third-order valence-corrected chi connectivity index (χ3v) is 3.27. The van der Waals surface area contributed by atoms with Gasteiger partial charge in [0.05, 0.1) is 0 Å². The Balaban J connectivity index is 2.28. The number of halogens is 1. The number of amides is 1. The summed E-state index contributed by atoms with van der Waals surface area (Å²) < 4.78 is 13.0. The second kappa shape index (κ2) is 6.99. The lowest BCUT2D eigenvalue weighted by atomic mass is 10.1. The smallest absolute Gasteiger partial charge is 0.258 e. The number of carbonyl (C=O) groups excluding carboxylic acids is 1. The van der Waals surface area contributed by atoms with E-state index in [1.165, 1.54) is 24.3 Å². The molecule has 2 rings (SSSR count). The molecule has 0 saturated carbocycles. The van der Waals surface area contributed by atoms with E-state index in [4.69, 9.17) is 5.73 Å². The van der Waals surface area contributed by atoms with Crippen molar-refractivity contribution in [3.63, 3.8) is 0 Å². The van der Waals surface area contributed by atoms with Gasteiger partial charge >= 0.3 is 0 Å². The van der Waals surface area contributed by atoms with Gasteiger partial charge in [0.15, 0.2) is 0 Å². The second-order valence-corrected chi connectivity index (χ2v) is 4.83. The van der Waals surface area contributed by atoms with E-state index in [0.717, 1.165) is 17.7 Å². The van der Waals surface area contributed by atoms with E-state index in [1.54, 1.807) is 4.90 Å². The number of benzene rings is 2. The molecule has 0 spiro atoms. The van der Waals surface area contributed by atoms with E-state index >= 15 is 0 Å². The minimum absolute atomic E-state index is 0.127. The standard InChI is InChI=1S/C17H19FN2O/c1-2-11-20(16-9-3-13(12-19)4-10-16)17(21)14-5-7-15(18)8-6-14/h3-10H,2,11-12,19H2,1H3. The Kier molecular flexibility index (Phi) is 5.06. The molecule has 0 aliphatic rings. The van der Waals surface area contributed by atoms with Gasteiger partial charge in [-0.2, -0.15) is 0 Å². The van der Waals surface area contributed by atoms with E-state index in [0.29, 0.717) is 18.7 Å². The largest absolute Gasteiger partial charge is 0.326 e. The Morgan fingerprint density at radius 3 is 2.24 bits per heavy atom. The van der Waals surface area contributed by atoms with Crippen molar-refractivity contribution in [3.8, 4) is 0 Å². The van der Waals surface area contributed by atoms with Gasteiger partial charge in [-0.25, -0.2) is 4.39 Å². The molecule has 0 radical (unpaired) electrons. The van der Waals surface area contributed by atoms with Crippen molar-refractivity contribution >= 4 is 11.6 Å². The molecule has 0 bridgehead atoms. The number of nitrogens with two attached hydrogens (primary N) is 1. The molecule has 0 atom stereocenters. The van der Waals surface area contributed by atoms with Crippen molar-refractivity contribution in [2.24, 2.45) is 5.73 Å². The van der Waals surface area contributed by atoms with Crippen LogP contribution in [0, 0.1) is 5.82 Å². The average molecular weight is 286 g/mol. The predicted molar refractivity (Wildman–Crippen MR) is 82.7 cm³/mol. The maximum Gasteiger partial charge on any atom is 0.258 e. The van der Waals surface area contributed by atoms with Gasteiger partial charge in [0.1, 0.15) is 5.82 Å². The quantitative estimate of drug-likeness (QED) is 0.916. The molecular weight excluding hydrogens is 267 g/mol. The monoisotopic (exact) mass is 286 g/mol. The highest BCUT2D eigenvalue weighted by atomic mass is 19.1.